The molecule has 0 saturated carbocycles. The fraction of sp³-hybridized carbons (Fsp3) is 0.355. The van der Waals surface area contributed by atoms with E-state index in [0.29, 0.717) is 6.04 Å². The van der Waals surface area contributed by atoms with Crippen molar-refractivity contribution in [3.05, 3.63) is 94.4 Å². The van der Waals surface area contributed by atoms with E-state index in [0.717, 1.165) is 66.1 Å². The van der Waals surface area contributed by atoms with Crippen LogP contribution >= 0.6 is 0 Å². The van der Waals surface area contributed by atoms with Crippen molar-refractivity contribution < 1.29 is 4.79 Å². The third kappa shape index (κ3) is 4.57. The van der Waals surface area contributed by atoms with E-state index < -0.39 is 0 Å². The number of hydrogen-bond acceptors (Lipinski definition) is 6. The van der Waals surface area contributed by atoms with Crippen LogP contribution in [-0.4, -0.2) is 71.9 Å². The summed E-state index contributed by atoms with van der Waals surface area (Å²) in [5.41, 5.74) is 11.0. The van der Waals surface area contributed by atoms with E-state index in [-0.39, 0.29) is 5.91 Å². The topological polar surface area (TPSA) is 73.4 Å². The van der Waals surface area contributed by atoms with E-state index in [1.54, 1.807) is 0 Å². The van der Waals surface area contributed by atoms with Gasteiger partial charge in [-0.25, -0.2) is 0 Å². The molecule has 5 aliphatic rings. The normalized spacial score (nSPS) is 21.5. The van der Waals surface area contributed by atoms with E-state index in [1.165, 1.54) is 41.9 Å². The standard InChI is InChI=1S/C31H34N6O/c1-35(2)16-20-12-24(15-32-14-20)22-5-4-21-7-9-27-30(34-27)29(26(21)13-22)31(38)33-25-8-6-23(17-36-10-3-11-36)28-19-37(28)18-25/h4-6,8,12-15,18,27,34H,3,7,9-11,16-17,19H2,1-2H3,(H,33,38). The van der Waals surface area contributed by atoms with Gasteiger partial charge < -0.3 is 20.4 Å². The maximum Gasteiger partial charge on any atom is 0.258 e. The molecule has 3 fully saturated rings. The third-order valence-corrected chi connectivity index (χ3v) is 8.09. The van der Waals surface area contributed by atoms with Crippen molar-refractivity contribution in [3.63, 3.8) is 0 Å². The summed E-state index contributed by atoms with van der Waals surface area (Å²) < 4.78 is 0. The zero-order valence-corrected chi connectivity index (χ0v) is 22.1. The van der Waals surface area contributed by atoms with Gasteiger partial charge >= 0.3 is 0 Å². The Labute approximate surface area is 224 Å². The fourth-order valence-corrected chi connectivity index (χ4v) is 5.83. The van der Waals surface area contributed by atoms with Crippen LogP contribution < -0.4 is 10.6 Å². The van der Waals surface area contributed by atoms with Gasteiger partial charge in [-0.2, -0.15) is 0 Å². The minimum absolute atomic E-state index is 0.0414. The molecule has 0 bridgehead atoms. The summed E-state index contributed by atoms with van der Waals surface area (Å²) in [5.74, 6) is -0.0414. The predicted molar refractivity (Wildman–Crippen MR) is 149 cm³/mol. The largest absolute Gasteiger partial charge is 0.378 e. The number of allylic oxidation sites excluding steroid dienone is 1. The van der Waals surface area contributed by atoms with Gasteiger partial charge in [-0.1, -0.05) is 18.2 Å². The summed E-state index contributed by atoms with van der Waals surface area (Å²) in [7, 11) is 4.13. The first-order valence-electron chi connectivity index (χ1n) is 13.7. The predicted octanol–water partition coefficient (Wildman–Crippen LogP) is 3.24. The Morgan fingerprint density at radius 1 is 1.16 bits per heavy atom. The Hall–Kier alpha value is -3.68. The number of fused-ring (bicyclic) bond motifs is 3. The second kappa shape index (κ2) is 9.26. The number of aryl methyl sites for hydroxylation is 1. The first-order chi connectivity index (χ1) is 18.5. The first kappa shape index (κ1) is 23.4. The van der Waals surface area contributed by atoms with Gasteiger partial charge in [0, 0.05) is 48.6 Å². The number of carbonyl (C=O) groups is 1. The molecule has 3 saturated heterocycles. The Balaban J connectivity index is 1.16. The van der Waals surface area contributed by atoms with Gasteiger partial charge in [0.2, 0.25) is 0 Å². The van der Waals surface area contributed by atoms with Crippen LogP contribution in [0.3, 0.4) is 0 Å². The average Bonchev–Trinajstić information content (AvgIpc) is 3.76. The molecule has 7 nitrogen and oxygen atoms in total. The van der Waals surface area contributed by atoms with Crippen LogP contribution in [0, 0.1) is 0 Å². The van der Waals surface area contributed by atoms with Crippen LogP contribution in [0.1, 0.15) is 29.5 Å². The molecule has 2 aromatic rings. The highest BCUT2D eigenvalue weighted by atomic mass is 16.1. The molecule has 0 radical (unpaired) electrons. The van der Waals surface area contributed by atoms with Crippen LogP contribution in [0.4, 0.5) is 0 Å². The Morgan fingerprint density at radius 3 is 2.87 bits per heavy atom. The Kier molecular flexibility index (Phi) is 5.71. The summed E-state index contributed by atoms with van der Waals surface area (Å²) in [6.45, 7) is 5.16. The number of aromatic nitrogens is 1. The van der Waals surface area contributed by atoms with Gasteiger partial charge in [0.25, 0.3) is 5.91 Å². The number of hydrogen-bond donors (Lipinski definition) is 2. The molecule has 4 aliphatic heterocycles. The van der Waals surface area contributed by atoms with Crippen molar-refractivity contribution in [2.24, 2.45) is 0 Å². The van der Waals surface area contributed by atoms with Gasteiger partial charge in [0.1, 0.15) is 0 Å². The van der Waals surface area contributed by atoms with Crippen molar-refractivity contribution in [2.45, 2.75) is 31.8 Å². The van der Waals surface area contributed by atoms with Crippen LogP contribution in [0.15, 0.2) is 77.7 Å². The van der Waals surface area contributed by atoms with Gasteiger partial charge in [-0.05, 0) is 92.5 Å². The summed E-state index contributed by atoms with van der Waals surface area (Å²) in [5, 5.41) is 6.72. The highest BCUT2D eigenvalue weighted by Gasteiger charge is 2.38. The number of likely N-dealkylation sites (tertiary alicyclic amines) is 1. The number of nitrogens with zero attached hydrogens (tertiary/aromatic N) is 4. The number of amides is 1. The number of pyridine rings is 1. The SMILES string of the molecule is CN(C)Cc1cncc(-c2ccc3c(c2)C(C(=O)NC2=CN4CC4=C(CN4CCC4)C=C2)=C2NC2CC3)c1. The second-order valence-electron chi connectivity index (χ2n) is 11.3. The molecule has 1 unspecified atom stereocenters. The summed E-state index contributed by atoms with van der Waals surface area (Å²) >= 11 is 0. The molecule has 194 valence electrons. The van der Waals surface area contributed by atoms with Crippen LogP contribution in [-0.2, 0) is 17.8 Å². The lowest BCUT2D eigenvalue weighted by atomic mass is 9.93. The number of benzene rings is 1. The summed E-state index contributed by atoms with van der Waals surface area (Å²) in [6.07, 6.45) is 13.4. The average molecular weight is 507 g/mol. The smallest absolute Gasteiger partial charge is 0.258 e. The van der Waals surface area contributed by atoms with Gasteiger partial charge in [-0.3, -0.25) is 14.7 Å². The van der Waals surface area contributed by atoms with Crippen molar-refractivity contribution >= 4 is 11.5 Å². The molecule has 7 rings (SSSR count). The molecule has 7 heteroatoms. The van der Waals surface area contributed by atoms with Crippen molar-refractivity contribution in [2.75, 3.05) is 40.3 Å². The molecule has 1 aromatic carbocycles. The van der Waals surface area contributed by atoms with E-state index in [4.69, 9.17) is 0 Å². The zero-order chi connectivity index (χ0) is 25.8. The van der Waals surface area contributed by atoms with Gasteiger partial charge in [-0.15, -0.1) is 0 Å². The number of rotatable bonds is 7. The highest BCUT2D eigenvalue weighted by Crippen LogP contribution is 2.39. The van der Waals surface area contributed by atoms with Gasteiger partial charge in [0.15, 0.2) is 0 Å². The summed E-state index contributed by atoms with van der Waals surface area (Å²) in [6, 6.07) is 9.04. The lowest BCUT2D eigenvalue weighted by Crippen LogP contribution is -2.38. The maximum atomic E-state index is 13.8. The molecule has 38 heavy (non-hydrogen) atoms. The van der Waals surface area contributed by atoms with Crippen LogP contribution in [0.25, 0.3) is 16.7 Å². The molecule has 1 atom stereocenters. The minimum atomic E-state index is -0.0414. The van der Waals surface area contributed by atoms with Crippen LogP contribution in [0.2, 0.25) is 0 Å². The van der Waals surface area contributed by atoms with Crippen molar-refractivity contribution in [1.82, 2.24) is 30.3 Å². The number of nitrogens with one attached hydrogen (secondary N) is 2. The van der Waals surface area contributed by atoms with E-state index in [2.05, 4.69) is 87.0 Å². The molecule has 2 N–H and O–H groups in total. The second-order valence-corrected chi connectivity index (χ2v) is 11.3. The monoisotopic (exact) mass is 506 g/mol. The van der Waals surface area contributed by atoms with Gasteiger partial charge in [0.05, 0.1) is 23.9 Å². The molecule has 5 heterocycles. The first-order valence-corrected chi connectivity index (χ1v) is 13.7. The summed E-state index contributed by atoms with van der Waals surface area (Å²) in [4.78, 5) is 25.2. The van der Waals surface area contributed by atoms with Crippen molar-refractivity contribution in [3.8, 4) is 11.1 Å². The third-order valence-electron chi connectivity index (χ3n) is 8.09. The molecular weight excluding hydrogens is 472 g/mol. The molecular formula is C31H34N6O. The number of carbonyl (C=O) groups excluding carboxylic acids is 1. The molecule has 0 spiro atoms. The Bertz CT molecular complexity index is 1440. The maximum absolute atomic E-state index is 13.8. The van der Waals surface area contributed by atoms with E-state index >= 15 is 0 Å². The van der Waals surface area contributed by atoms with E-state index in [1.807, 2.05) is 12.4 Å². The highest BCUT2D eigenvalue weighted by molar-refractivity contribution is 6.22. The molecule has 1 aliphatic carbocycles. The lowest BCUT2D eigenvalue weighted by molar-refractivity contribution is -0.114. The Morgan fingerprint density at radius 2 is 2.05 bits per heavy atom. The quantitative estimate of drug-likeness (QED) is 0.562. The molecule has 1 aromatic heterocycles. The fourth-order valence-electron chi connectivity index (χ4n) is 5.83. The minimum Gasteiger partial charge on any atom is -0.378 e. The lowest BCUT2D eigenvalue weighted by Gasteiger charge is -2.30. The van der Waals surface area contributed by atoms with E-state index in [9.17, 15) is 4.79 Å². The van der Waals surface area contributed by atoms with Crippen LogP contribution in [0.5, 0.6) is 0 Å². The molecule has 1 amide bonds. The van der Waals surface area contributed by atoms with Crippen molar-refractivity contribution in [1.29, 1.82) is 0 Å². The zero-order valence-electron chi connectivity index (χ0n) is 22.1.